The number of rotatable bonds is 8. The molecule has 0 aromatic heterocycles. The van der Waals surface area contributed by atoms with Gasteiger partial charge in [-0.1, -0.05) is 36.2 Å². The van der Waals surface area contributed by atoms with E-state index >= 15 is 0 Å². The van der Waals surface area contributed by atoms with E-state index in [1.807, 2.05) is 52.0 Å². The van der Waals surface area contributed by atoms with Gasteiger partial charge in [0.2, 0.25) is 5.91 Å². The minimum Gasteiger partial charge on any atom is -0.484 e. The third-order valence-corrected chi connectivity index (χ3v) is 5.86. The van der Waals surface area contributed by atoms with Crippen molar-refractivity contribution in [3.8, 4) is 5.75 Å². The van der Waals surface area contributed by atoms with Crippen molar-refractivity contribution >= 4 is 57.6 Å². The Bertz CT molecular complexity index is 914. The fraction of sp³-hybridized carbons (Fsp3) is 0.391. The number of carbonyl (C=O) groups excluding carboxylic acids is 2. The highest BCUT2D eigenvalue weighted by molar-refractivity contribution is 14.1. The van der Waals surface area contributed by atoms with Gasteiger partial charge in [-0.15, -0.1) is 0 Å². The molecule has 0 saturated carbocycles. The molecule has 2 rings (SSSR count). The van der Waals surface area contributed by atoms with Crippen molar-refractivity contribution in [2.75, 3.05) is 6.61 Å². The zero-order valence-corrected chi connectivity index (χ0v) is 21.7. The third kappa shape index (κ3) is 8.16. The number of hydrogen-bond donors (Lipinski definition) is 1. The van der Waals surface area contributed by atoms with Gasteiger partial charge in [0.25, 0.3) is 5.91 Å². The summed E-state index contributed by atoms with van der Waals surface area (Å²) in [5.41, 5.74) is 0.361. The van der Waals surface area contributed by atoms with Gasteiger partial charge >= 0.3 is 0 Å². The first-order valence-corrected chi connectivity index (χ1v) is 11.8. The van der Waals surface area contributed by atoms with E-state index in [0.29, 0.717) is 22.2 Å². The van der Waals surface area contributed by atoms with E-state index in [2.05, 4.69) is 27.9 Å². The average molecular weight is 577 g/mol. The van der Waals surface area contributed by atoms with Gasteiger partial charge in [-0.2, -0.15) is 0 Å². The summed E-state index contributed by atoms with van der Waals surface area (Å²) in [6, 6.07) is 12.0. The molecule has 0 saturated heterocycles. The second-order valence-corrected chi connectivity index (χ2v) is 10.2. The molecule has 168 valence electrons. The van der Waals surface area contributed by atoms with Gasteiger partial charge in [-0.05, 0) is 91.7 Å². The lowest BCUT2D eigenvalue weighted by molar-refractivity contribution is -0.143. The summed E-state index contributed by atoms with van der Waals surface area (Å²) >= 11 is 14.4. The molecule has 8 heteroatoms. The molecule has 0 unspecified atom stereocenters. The second-order valence-electron chi connectivity index (χ2n) is 8.18. The number of carbonyl (C=O) groups is 2. The van der Waals surface area contributed by atoms with Crippen LogP contribution in [0.15, 0.2) is 42.5 Å². The molecule has 0 aliphatic rings. The Hall–Kier alpha value is -1.51. The van der Waals surface area contributed by atoms with Gasteiger partial charge in [0, 0.05) is 15.7 Å². The largest absolute Gasteiger partial charge is 0.484 e. The van der Waals surface area contributed by atoms with Crippen molar-refractivity contribution < 1.29 is 14.3 Å². The smallest absolute Gasteiger partial charge is 0.261 e. The minimum atomic E-state index is -0.651. The van der Waals surface area contributed by atoms with E-state index in [4.69, 9.17) is 27.9 Å². The van der Waals surface area contributed by atoms with Crippen LogP contribution < -0.4 is 10.1 Å². The Balaban J connectivity index is 2.25. The Labute approximate surface area is 207 Å². The highest BCUT2D eigenvalue weighted by Gasteiger charge is 2.31. The summed E-state index contributed by atoms with van der Waals surface area (Å²) in [6.45, 7) is 7.62. The molecule has 2 aromatic carbocycles. The maximum absolute atomic E-state index is 13.2. The van der Waals surface area contributed by atoms with Crippen LogP contribution in [-0.2, 0) is 16.1 Å². The number of amides is 2. The lowest BCUT2D eigenvalue weighted by atomic mass is 10.1. The third-order valence-electron chi connectivity index (χ3n) is 4.40. The maximum atomic E-state index is 13.2. The van der Waals surface area contributed by atoms with Crippen LogP contribution in [0.5, 0.6) is 5.75 Å². The van der Waals surface area contributed by atoms with Crippen LogP contribution in [0.25, 0.3) is 0 Å². The lowest BCUT2D eigenvalue weighted by Crippen LogP contribution is -2.54. The zero-order valence-electron chi connectivity index (χ0n) is 18.0. The molecule has 0 bridgehead atoms. The van der Waals surface area contributed by atoms with Gasteiger partial charge in [0.1, 0.15) is 11.8 Å². The van der Waals surface area contributed by atoms with Crippen molar-refractivity contribution in [1.29, 1.82) is 0 Å². The first kappa shape index (κ1) is 25.7. The molecule has 5 nitrogen and oxygen atoms in total. The molecule has 0 spiro atoms. The summed E-state index contributed by atoms with van der Waals surface area (Å²) in [5.74, 6) is 0.0913. The molecular weight excluding hydrogens is 550 g/mol. The molecular formula is C23H27Cl2IN2O3. The van der Waals surface area contributed by atoms with Gasteiger partial charge < -0.3 is 15.0 Å². The molecule has 2 aromatic rings. The maximum Gasteiger partial charge on any atom is 0.261 e. The number of halogens is 3. The topological polar surface area (TPSA) is 58.6 Å². The zero-order chi connectivity index (χ0) is 23.2. The highest BCUT2D eigenvalue weighted by Crippen LogP contribution is 2.24. The van der Waals surface area contributed by atoms with Crippen molar-refractivity contribution in [3.05, 3.63) is 61.6 Å². The van der Waals surface area contributed by atoms with E-state index in [9.17, 15) is 9.59 Å². The SMILES string of the molecule is CC[C@H](C(=O)NC(C)(C)C)N(Cc1ccc(Cl)c(Cl)c1)C(=O)COc1ccc(I)cc1. The van der Waals surface area contributed by atoms with Crippen molar-refractivity contribution in [2.24, 2.45) is 0 Å². The summed E-state index contributed by atoms with van der Waals surface area (Å²) in [6.07, 6.45) is 0.457. The number of ether oxygens (including phenoxy) is 1. The monoisotopic (exact) mass is 576 g/mol. The summed E-state index contributed by atoms with van der Waals surface area (Å²) < 4.78 is 6.76. The van der Waals surface area contributed by atoms with E-state index in [0.717, 1.165) is 9.13 Å². The van der Waals surface area contributed by atoms with Crippen LogP contribution in [0, 0.1) is 3.57 Å². The standard InChI is InChI=1S/C23H27Cl2IN2O3/c1-5-20(22(30)27-23(2,3)4)28(13-15-6-11-18(24)19(25)12-15)21(29)14-31-17-9-7-16(26)8-10-17/h6-12,20H,5,13-14H2,1-4H3,(H,27,30)/t20-/m1/s1. The number of nitrogens with zero attached hydrogens (tertiary/aromatic N) is 1. The Morgan fingerprint density at radius 1 is 1.10 bits per heavy atom. The predicted octanol–water partition coefficient (Wildman–Crippen LogP) is 5.70. The van der Waals surface area contributed by atoms with Crippen LogP contribution in [0.1, 0.15) is 39.7 Å². The quantitative estimate of drug-likeness (QED) is 0.410. The second kappa shape index (κ2) is 11.4. The fourth-order valence-corrected chi connectivity index (χ4v) is 3.65. The summed E-state index contributed by atoms with van der Waals surface area (Å²) in [7, 11) is 0. The van der Waals surface area contributed by atoms with Crippen molar-refractivity contribution in [2.45, 2.75) is 52.2 Å². The van der Waals surface area contributed by atoms with Crippen LogP contribution in [0.4, 0.5) is 0 Å². The minimum absolute atomic E-state index is 0.179. The molecule has 1 atom stereocenters. The van der Waals surface area contributed by atoms with Gasteiger partial charge in [-0.3, -0.25) is 9.59 Å². The first-order valence-electron chi connectivity index (χ1n) is 9.94. The van der Waals surface area contributed by atoms with Crippen molar-refractivity contribution in [3.63, 3.8) is 0 Å². The summed E-state index contributed by atoms with van der Waals surface area (Å²) in [4.78, 5) is 27.7. The molecule has 0 radical (unpaired) electrons. The van der Waals surface area contributed by atoms with Crippen LogP contribution >= 0.6 is 45.8 Å². The van der Waals surface area contributed by atoms with Crippen molar-refractivity contribution in [1.82, 2.24) is 10.2 Å². The molecule has 0 aliphatic heterocycles. The van der Waals surface area contributed by atoms with Gasteiger partial charge in [0.05, 0.1) is 10.0 Å². The predicted molar refractivity (Wildman–Crippen MR) is 134 cm³/mol. The van der Waals surface area contributed by atoms with Gasteiger partial charge in [0.15, 0.2) is 6.61 Å². The lowest BCUT2D eigenvalue weighted by Gasteiger charge is -2.33. The van der Waals surface area contributed by atoms with E-state index in [1.165, 1.54) is 4.90 Å². The van der Waals surface area contributed by atoms with E-state index < -0.39 is 11.6 Å². The Morgan fingerprint density at radius 2 is 1.74 bits per heavy atom. The van der Waals surface area contributed by atoms with E-state index in [1.54, 1.807) is 18.2 Å². The fourth-order valence-electron chi connectivity index (χ4n) is 2.97. The van der Waals surface area contributed by atoms with Crippen LogP contribution in [-0.4, -0.2) is 34.9 Å². The first-order chi connectivity index (χ1) is 14.5. The molecule has 2 amide bonds. The normalized spacial score (nSPS) is 12.2. The molecule has 0 fully saturated rings. The number of nitrogens with one attached hydrogen (secondary N) is 1. The Kier molecular flexibility index (Phi) is 9.45. The number of hydrogen-bond acceptors (Lipinski definition) is 3. The average Bonchev–Trinajstić information content (AvgIpc) is 2.68. The highest BCUT2D eigenvalue weighted by atomic mass is 127. The van der Waals surface area contributed by atoms with Crippen LogP contribution in [0.3, 0.4) is 0 Å². The molecule has 0 aliphatic carbocycles. The van der Waals surface area contributed by atoms with Crippen LogP contribution in [0.2, 0.25) is 10.0 Å². The Morgan fingerprint density at radius 3 is 2.29 bits per heavy atom. The molecule has 1 N–H and O–H groups in total. The van der Waals surface area contributed by atoms with Gasteiger partial charge in [-0.25, -0.2) is 0 Å². The summed E-state index contributed by atoms with van der Waals surface area (Å²) in [5, 5.41) is 3.80. The number of benzene rings is 2. The van der Waals surface area contributed by atoms with E-state index in [-0.39, 0.29) is 25.0 Å². The molecule has 31 heavy (non-hydrogen) atoms. The molecule has 0 heterocycles.